The average Bonchev–Trinajstić information content (AvgIpc) is 3.21. The van der Waals surface area contributed by atoms with E-state index < -0.39 is 0 Å². The molecule has 1 aliphatic rings. The van der Waals surface area contributed by atoms with Gasteiger partial charge in [-0.2, -0.15) is 0 Å². The van der Waals surface area contributed by atoms with Gasteiger partial charge >= 0.3 is 0 Å². The zero-order chi connectivity index (χ0) is 19.1. The first-order valence-electron chi connectivity index (χ1n) is 9.48. The first-order valence-corrected chi connectivity index (χ1v) is 10.4. The number of nitrogens with one attached hydrogen (secondary N) is 1. The molecule has 0 saturated carbocycles. The van der Waals surface area contributed by atoms with Crippen LogP contribution < -0.4 is 10.2 Å². The molecule has 0 amide bonds. The van der Waals surface area contributed by atoms with Crippen molar-refractivity contribution in [2.24, 2.45) is 4.99 Å². The summed E-state index contributed by atoms with van der Waals surface area (Å²) >= 11 is 1.81. The molecule has 2 aromatic heterocycles. The fourth-order valence-electron chi connectivity index (χ4n) is 3.18. The number of aromatic nitrogens is 1. The zero-order valence-corrected chi connectivity index (χ0v) is 17.4. The van der Waals surface area contributed by atoms with Gasteiger partial charge in [0.2, 0.25) is 0 Å². The highest BCUT2D eigenvalue weighted by Crippen LogP contribution is 2.15. The second kappa shape index (κ2) is 9.71. The standard InChI is InChI=1S/C20H30N6S/c1-21-20(25(3)9-7-18-5-4-14-27-18)23-16-17-6-8-22-19(15-17)26-12-10-24(2)11-13-26/h4-6,8,14-15H,7,9-13,16H2,1-3H3,(H,21,23). The van der Waals surface area contributed by atoms with Gasteiger partial charge in [-0.3, -0.25) is 4.99 Å². The molecule has 3 heterocycles. The molecule has 0 spiro atoms. The second-order valence-corrected chi connectivity index (χ2v) is 8.00. The number of thiophene rings is 1. The number of guanidine groups is 1. The van der Waals surface area contributed by atoms with Gasteiger partial charge in [0.15, 0.2) is 5.96 Å². The molecule has 1 N–H and O–H groups in total. The van der Waals surface area contributed by atoms with Crippen molar-refractivity contribution in [3.8, 4) is 0 Å². The Morgan fingerprint density at radius 3 is 2.81 bits per heavy atom. The van der Waals surface area contributed by atoms with E-state index in [0.29, 0.717) is 0 Å². The summed E-state index contributed by atoms with van der Waals surface area (Å²) in [5.41, 5.74) is 1.23. The maximum Gasteiger partial charge on any atom is 0.193 e. The van der Waals surface area contributed by atoms with Gasteiger partial charge in [-0.1, -0.05) is 6.07 Å². The minimum absolute atomic E-state index is 0.749. The van der Waals surface area contributed by atoms with Crippen LogP contribution in [0.2, 0.25) is 0 Å². The van der Waals surface area contributed by atoms with Crippen molar-refractivity contribution in [2.75, 3.05) is 58.8 Å². The normalized spacial score (nSPS) is 15.8. The summed E-state index contributed by atoms with van der Waals surface area (Å²) in [4.78, 5) is 17.3. The minimum Gasteiger partial charge on any atom is -0.354 e. The van der Waals surface area contributed by atoms with E-state index in [0.717, 1.165) is 57.5 Å². The summed E-state index contributed by atoms with van der Waals surface area (Å²) in [7, 11) is 6.10. The van der Waals surface area contributed by atoms with Crippen LogP contribution in [-0.4, -0.2) is 74.6 Å². The summed E-state index contributed by atoms with van der Waals surface area (Å²) in [5, 5.41) is 5.61. The molecule has 146 valence electrons. The van der Waals surface area contributed by atoms with E-state index in [-0.39, 0.29) is 0 Å². The van der Waals surface area contributed by atoms with Crippen molar-refractivity contribution >= 4 is 23.1 Å². The topological polar surface area (TPSA) is 47.0 Å². The molecule has 1 fully saturated rings. The summed E-state index contributed by atoms with van der Waals surface area (Å²) < 4.78 is 0. The molecule has 0 aromatic carbocycles. The Labute approximate surface area is 166 Å². The average molecular weight is 387 g/mol. The molecule has 1 saturated heterocycles. The molecule has 1 aliphatic heterocycles. The maximum absolute atomic E-state index is 4.57. The van der Waals surface area contributed by atoms with Crippen LogP contribution in [0.4, 0.5) is 5.82 Å². The lowest BCUT2D eigenvalue weighted by Gasteiger charge is -2.33. The lowest BCUT2D eigenvalue weighted by atomic mass is 10.2. The van der Waals surface area contributed by atoms with Crippen molar-refractivity contribution < 1.29 is 0 Å². The van der Waals surface area contributed by atoms with E-state index in [1.54, 1.807) is 0 Å². The summed E-state index contributed by atoms with van der Waals surface area (Å²) in [5.74, 6) is 1.99. The van der Waals surface area contributed by atoms with Crippen LogP contribution >= 0.6 is 11.3 Å². The number of anilines is 1. The van der Waals surface area contributed by atoms with Crippen LogP contribution in [0.15, 0.2) is 40.8 Å². The van der Waals surface area contributed by atoms with Crippen molar-refractivity contribution in [2.45, 2.75) is 13.0 Å². The van der Waals surface area contributed by atoms with E-state index >= 15 is 0 Å². The van der Waals surface area contributed by atoms with Gasteiger partial charge in [0, 0.05) is 64.4 Å². The number of nitrogens with zero attached hydrogens (tertiary/aromatic N) is 5. The van der Waals surface area contributed by atoms with Crippen LogP contribution in [-0.2, 0) is 13.0 Å². The van der Waals surface area contributed by atoms with Gasteiger partial charge < -0.3 is 20.0 Å². The van der Waals surface area contributed by atoms with Crippen LogP contribution in [0.3, 0.4) is 0 Å². The summed E-state index contributed by atoms with van der Waals surface area (Å²) in [6.07, 6.45) is 2.95. The van der Waals surface area contributed by atoms with Gasteiger partial charge in [-0.25, -0.2) is 4.98 Å². The maximum atomic E-state index is 4.57. The Kier molecular flexibility index (Phi) is 7.06. The Hall–Kier alpha value is -2.12. The number of rotatable bonds is 6. The third kappa shape index (κ3) is 5.68. The highest BCUT2D eigenvalue weighted by atomic mass is 32.1. The number of likely N-dealkylation sites (N-methyl/N-ethyl adjacent to an activating group) is 2. The lowest BCUT2D eigenvalue weighted by molar-refractivity contribution is 0.312. The summed E-state index contributed by atoms with van der Waals surface area (Å²) in [6, 6.07) is 8.56. The van der Waals surface area contributed by atoms with Gasteiger partial charge in [0.25, 0.3) is 0 Å². The molecular formula is C20H30N6S. The first-order chi connectivity index (χ1) is 13.2. The minimum atomic E-state index is 0.749. The molecular weight excluding hydrogens is 356 g/mol. The molecule has 27 heavy (non-hydrogen) atoms. The fourth-order valence-corrected chi connectivity index (χ4v) is 3.88. The monoisotopic (exact) mass is 386 g/mol. The molecule has 0 radical (unpaired) electrons. The van der Waals surface area contributed by atoms with E-state index in [1.807, 2.05) is 24.6 Å². The lowest BCUT2D eigenvalue weighted by Crippen LogP contribution is -2.44. The molecule has 7 heteroatoms. The Bertz CT molecular complexity index is 722. The predicted octanol–water partition coefficient (Wildman–Crippen LogP) is 2.14. The molecule has 0 atom stereocenters. The van der Waals surface area contributed by atoms with Crippen LogP contribution in [0, 0.1) is 0 Å². The zero-order valence-electron chi connectivity index (χ0n) is 16.6. The smallest absolute Gasteiger partial charge is 0.193 e. The quantitative estimate of drug-likeness (QED) is 0.609. The van der Waals surface area contributed by atoms with Crippen molar-refractivity contribution in [3.05, 3.63) is 46.3 Å². The highest BCUT2D eigenvalue weighted by molar-refractivity contribution is 7.09. The van der Waals surface area contributed by atoms with Gasteiger partial charge in [0.1, 0.15) is 5.82 Å². The number of aliphatic imine (C=N–C) groups is 1. The molecule has 0 bridgehead atoms. The van der Waals surface area contributed by atoms with Gasteiger partial charge in [-0.05, 0) is 42.6 Å². The first kappa shape index (κ1) is 19.6. The number of pyridine rings is 1. The van der Waals surface area contributed by atoms with E-state index in [1.165, 1.54) is 10.4 Å². The third-order valence-corrected chi connectivity index (χ3v) is 5.87. The molecule has 0 unspecified atom stereocenters. The largest absolute Gasteiger partial charge is 0.354 e. The molecule has 0 aliphatic carbocycles. The van der Waals surface area contributed by atoms with Crippen molar-refractivity contribution in [1.82, 2.24) is 20.1 Å². The fraction of sp³-hybridized carbons (Fsp3) is 0.500. The van der Waals surface area contributed by atoms with Crippen molar-refractivity contribution in [1.29, 1.82) is 0 Å². The van der Waals surface area contributed by atoms with Crippen molar-refractivity contribution in [3.63, 3.8) is 0 Å². The van der Waals surface area contributed by atoms with E-state index in [4.69, 9.17) is 0 Å². The second-order valence-electron chi connectivity index (χ2n) is 6.96. The SMILES string of the molecule is CN=C(NCc1ccnc(N2CCN(C)CC2)c1)N(C)CCc1cccs1. The van der Waals surface area contributed by atoms with Crippen LogP contribution in [0.5, 0.6) is 0 Å². The van der Waals surface area contributed by atoms with Gasteiger partial charge in [0.05, 0.1) is 0 Å². The highest BCUT2D eigenvalue weighted by Gasteiger charge is 2.15. The Morgan fingerprint density at radius 1 is 1.30 bits per heavy atom. The molecule has 3 rings (SSSR count). The molecule has 6 nitrogen and oxygen atoms in total. The number of piperazine rings is 1. The Balaban J connectivity index is 1.52. The van der Waals surface area contributed by atoms with Gasteiger partial charge in [-0.15, -0.1) is 11.3 Å². The van der Waals surface area contributed by atoms with E-state index in [2.05, 4.69) is 73.7 Å². The third-order valence-electron chi connectivity index (χ3n) is 4.93. The summed E-state index contributed by atoms with van der Waals surface area (Å²) in [6.45, 7) is 5.95. The Morgan fingerprint density at radius 2 is 2.11 bits per heavy atom. The molecule has 2 aromatic rings. The van der Waals surface area contributed by atoms with E-state index in [9.17, 15) is 0 Å². The predicted molar refractivity (Wildman–Crippen MR) is 115 cm³/mol. The van der Waals surface area contributed by atoms with Crippen LogP contribution in [0.1, 0.15) is 10.4 Å². The number of hydrogen-bond acceptors (Lipinski definition) is 5. The van der Waals surface area contributed by atoms with Crippen LogP contribution in [0.25, 0.3) is 0 Å². The number of hydrogen-bond donors (Lipinski definition) is 1.